The molecule has 0 bridgehead atoms. The van der Waals surface area contributed by atoms with E-state index < -0.39 is 0 Å². The normalized spacial score (nSPS) is 16.9. The van der Waals surface area contributed by atoms with E-state index in [9.17, 15) is 4.79 Å². The zero-order valence-corrected chi connectivity index (χ0v) is 15.1. The molecule has 1 aliphatic heterocycles. The number of amides is 1. The summed E-state index contributed by atoms with van der Waals surface area (Å²) in [4.78, 5) is 30.3. The van der Waals surface area contributed by atoms with Crippen molar-refractivity contribution < 1.29 is 14.4 Å². The van der Waals surface area contributed by atoms with Crippen molar-refractivity contribution in [1.82, 2.24) is 10.2 Å². The van der Waals surface area contributed by atoms with Crippen molar-refractivity contribution in [3.8, 4) is 0 Å². The highest BCUT2D eigenvalue weighted by Gasteiger charge is 2.30. The molecule has 130 valence electrons. The van der Waals surface area contributed by atoms with E-state index in [0.29, 0.717) is 11.8 Å². The van der Waals surface area contributed by atoms with E-state index in [0.717, 1.165) is 25.2 Å². The first kappa shape index (κ1) is 25.3. The van der Waals surface area contributed by atoms with Crippen LogP contribution in [0.5, 0.6) is 0 Å². The second kappa shape index (κ2) is 15.7. The topological polar surface area (TPSA) is 66.5 Å². The highest BCUT2D eigenvalue weighted by molar-refractivity contribution is 5.82. The molecule has 0 aromatic carbocycles. The van der Waals surface area contributed by atoms with E-state index in [1.165, 1.54) is 0 Å². The van der Waals surface area contributed by atoms with Crippen molar-refractivity contribution >= 4 is 19.5 Å². The van der Waals surface area contributed by atoms with Gasteiger partial charge in [-0.05, 0) is 25.2 Å². The summed E-state index contributed by atoms with van der Waals surface area (Å²) >= 11 is 0. The largest absolute Gasteiger partial charge is 0.378 e. The molecule has 1 amide bonds. The van der Waals surface area contributed by atoms with Crippen molar-refractivity contribution in [2.24, 2.45) is 11.8 Å². The van der Waals surface area contributed by atoms with Gasteiger partial charge in [-0.2, -0.15) is 0 Å². The van der Waals surface area contributed by atoms with Gasteiger partial charge in [-0.3, -0.25) is 4.79 Å². The lowest BCUT2D eigenvalue weighted by molar-refractivity contribution is -0.133. The molecule has 22 heavy (non-hydrogen) atoms. The van der Waals surface area contributed by atoms with Gasteiger partial charge in [0.2, 0.25) is 5.91 Å². The Hall–Kier alpha value is -1.65. The second-order valence-electron chi connectivity index (χ2n) is 5.32. The molecule has 1 rings (SSSR count). The summed E-state index contributed by atoms with van der Waals surface area (Å²) in [6, 6.07) is -0.122. The van der Waals surface area contributed by atoms with Crippen LogP contribution in [0.15, 0.2) is 12.3 Å². The summed E-state index contributed by atoms with van der Waals surface area (Å²) in [6.45, 7) is 21.9. The predicted molar refractivity (Wildman–Crippen MR) is 92.5 cm³/mol. The lowest BCUT2D eigenvalue weighted by Crippen LogP contribution is -2.47. The molecule has 0 aliphatic carbocycles. The Bertz CT molecular complexity index is 304. The molecule has 2 atom stereocenters. The zero-order valence-electron chi connectivity index (χ0n) is 15.1. The molecule has 1 heterocycles. The standard InChI is InChI=1S/C13H24N2O.C2H6.2CH2O/c1-9(2)12(14-10(3)4)13(16)15-7-6-11(5)8-15;3*1-2/h9,11-12,14H,3,6-8H2,1-2,4-5H3;1-2H3;2*1H2/t11-,12-;;;/m1.../s1. The SMILES string of the molecule is C=C(C)N[C@@H](C(=O)N1CC[C@@H](C)C1)C(C)C.C=O.C=O.CC. The molecule has 0 saturated carbocycles. The van der Waals surface area contributed by atoms with Crippen molar-refractivity contribution in [3.63, 3.8) is 0 Å². The number of likely N-dealkylation sites (tertiary alicyclic amines) is 1. The fourth-order valence-corrected chi connectivity index (χ4v) is 2.11. The quantitative estimate of drug-likeness (QED) is 0.866. The van der Waals surface area contributed by atoms with Gasteiger partial charge in [0.15, 0.2) is 0 Å². The average Bonchev–Trinajstić information content (AvgIpc) is 2.96. The van der Waals surface area contributed by atoms with Crippen molar-refractivity contribution in [3.05, 3.63) is 12.3 Å². The number of rotatable bonds is 4. The van der Waals surface area contributed by atoms with E-state index in [1.54, 1.807) is 0 Å². The van der Waals surface area contributed by atoms with Crippen molar-refractivity contribution in [2.75, 3.05) is 13.1 Å². The Kier molecular flexibility index (Phi) is 18.1. The van der Waals surface area contributed by atoms with E-state index in [2.05, 4.69) is 32.7 Å². The van der Waals surface area contributed by atoms with Crippen LogP contribution >= 0.6 is 0 Å². The molecular formula is C17H34N2O3. The first-order chi connectivity index (χ1) is 10.4. The molecule has 1 saturated heterocycles. The smallest absolute Gasteiger partial charge is 0.245 e. The van der Waals surface area contributed by atoms with Gasteiger partial charge in [0.1, 0.15) is 19.6 Å². The second-order valence-corrected chi connectivity index (χ2v) is 5.32. The van der Waals surface area contributed by atoms with Gasteiger partial charge in [0, 0.05) is 18.8 Å². The Morgan fingerprint density at radius 2 is 1.64 bits per heavy atom. The molecule has 0 aromatic rings. The van der Waals surface area contributed by atoms with Gasteiger partial charge in [0.25, 0.3) is 0 Å². The van der Waals surface area contributed by atoms with E-state index >= 15 is 0 Å². The van der Waals surface area contributed by atoms with Crippen LogP contribution in [0.25, 0.3) is 0 Å². The minimum Gasteiger partial charge on any atom is -0.378 e. The maximum Gasteiger partial charge on any atom is 0.245 e. The molecule has 1 aliphatic rings. The van der Waals surface area contributed by atoms with Crippen LogP contribution in [0.3, 0.4) is 0 Å². The molecule has 0 aromatic heterocycles. The third-order valence-corrected chi connectivity index (χ3v) is 3.07. The molecule has 1 fully saturated rings. The first-order valence-corrected chi connectivity index (χ1v) is 7.70. The monoisotopic (exact) mass is 314 g/mol. The highest BCUT2D eigenvalue weighted by Crippen LogP contribution is 2.18. The lowest BCUT2D eigenvalue weighted by atomic mass is 10.0. The van der Waals surface area contributed by atoms with Crippen LogP contribution in [0, 0.1) is 11.8 Å². The predicted octanol–water partition coefficient (Wildman–Crippen LogP) is 2.66. The summed E-state index contributed by atoms with van der Waals surface area (Å²) in [5.74, 6) is 1.16. The molecule has 1 N–H and O–H groups in total. The third kappa shape index (κ3) is 10.1. The van der Waals surface area contributed by atoms with Crippen LogP contribution < -0.4 is 5.32 Å². The highest BCUT2D eigenvalue weighted by atomic mass is 16.2. The van der Waals surface area contributed by atoms with Gasteiger partial charge in [0.05, 0.1) is 0 Å². The number of nitrogens with one attached hydrogen (secondary N) is 1. The number of carbonyl (C=O) groups is 3. The summed E-state index contributed by atoms with van der Waals surface area (Å²) in [6.07, 6.45) is 1.13. The number of hydrogen-bond acceptors (Lipinski definition) is 4. The Morgan fingerprint density at radius 1 is 1.18 bits per heavy atom. The van der Waals surface area contributed by atoms with Gasteiger partial charge < -0.3 is 19.8 Å². The summed E-state index contributed by atoms with van der Waals surface area (Å²) in [7, 11) is 0. The first-order valence-electron chi connectivity index (χ1n) is 7.70. The van der Waals surface area contributed by atoms with Gasteiger partial charge >= 0.3 is 0 Å². The fourth-order valence-electron chi connectivity index (χ4n) is 2.11. The zero-order chi connectivity index (χ0) is 18.3. The number of carbonyl (C=O) groups excluding carboxylic acids is 3. The van der Waals surface area contributed by atoms with Gasteiger partial charge in [-0.1, -0.05) is 41.2 Å². The molecular weight excluding hydrogens is 280 g/mol. The molecule has 0 unspecified atom stereocenters. The van der Waals surface area contributed by atoms with Gasteiger partial charge in [-0.25, -0.2) is 0 Å². The van der Waals surface area contributed by atoms with Crippen LogP contribution in [-0.2, 0) is 14.4 Å². The van der Waals surface area contributed by atoms with Crippen LogP contribution in [0.1, 0.15) is 48.0 Å². The minimum absolute atomic E-state index is 0.122. The summed E-state index contributed by atoms with van der Waals surface area (Å²) in [5, 5.41) is 3.19. The van der Waals surface area contributed by atoms with Crippen LogP contribution in [0.2, 0.25) is 0 Å². The summed E-state index contributed by atoms with van der Waals surface area (Å²) in [5.41, 5.74) is 0.860. The maximum atomic E-state index is 12.3. The van der Waals surface area contributed by atoms with Crippen LogP contribution in [-0.4, -0.2) is 43.5 Å². The minimum atomic E-state index is -0.122. The van der Waals surface area contributed by atoms with E-state index in [1.807, 2.05) is 39.2 Å². The number of nitrogens with zero attached hydrogens (tertiary/aromatic N) is 1. The van der Waals surface area contributed by atoms with E-state index in [-0.39, 0.29) is 11.9 Å². The van der Waals surface area contributed by atoms with Crippen LogP contribution in [0.4, 0.5) is 0 Å². The average molecular weight is 314 g/mol. The van der Waals surface area contributed by atoms with E-state index in [4.69, 9.17) is 9.59 Å². The summed E-state index contributed by atoms with van der Waals surface area (Å²) < 4.78 is 0. The van der Waals surface area contributed by atoms with Crippen molar-refractivity contribution in [2.45, 2.75) is 54.0 Å². The Morgan fingerprint density at radius 3 is 1.91 bits per heavy atom. The molecule has 0 spiro atoms. The Labute approximate surface area is 136 Å². The fraction of sp³-hybridized carbons (Fsp3) is 0.706. The molecule has 0 radical (unpaired) electrons. The molecule has 5 heteroatoms. The van der Waals surface area contributed by atoms with Gasteiger partial charge in [-0.15, -0.1) is 0 Å². The lowest BCUT2D eigenvalue weighted by Gasteiger charge is -2.27. The number of hydrogen-bond donors (Lipinski definition) is 1. The molecule has 5 nitrogen and oxygen atoms in total. The Balaban J connectivity index is -0.000000535. The third-order valence-electron chi connectivity index (χ3n) is 3.07. The maximum absolute atomic E-state index is 12.3. The number of allylic oxidation sites excluding steroid dienone is 1. The van der Waals surface area contributed by atoms with Crippen molar-refractivity contribution in [1.29, 1.82) is 0 Å².